The monoisotopic (exact) mass is 320 g/mol. The number of carbonyl (C=O) groups is 1. The minimum atomic E-state index is -1.14. The lowest BCUT2D eigenvalue weighted by Crippen LogP contribution is -2.13. The first-order valence-electron chi connectivity index (χ1n) is 7.35. The van der Waals surface area contributed by atoms with Crippen LogP contribution in [0.2, 0.25) is 0 Å². The van der Waals surface area contributed by atoms with Crippen molar-refractivity contribution >= 4 is 17.5 Å². The molecule has 3 heteroatoms. The summed E-state index contributed by atoms with van der Waals surface area (Å²) in [5.74, 6) is -0.282. The molecule has 1 unspecified atom stereocenters. The standard InChI is InChI=1S/C20H16O2S/c21-19(15-9-3-1-4-10-15)20(22)17-13-7-8-14-18(17)23-16-11-5-2-6-12-16/h1-14,19,21H. The van der Waals surface area contributed by atoms with Gasteiger partial charge in [0.05, 0.1) is 0 Å². The first kappa shape index (κ1) is 15.5. The molecule has 0 bridgehead atoms. The molecule has 0 fully saturated rings. The van der Waals surface area contributed by atoms with Gasteiger partial charge in [0.1, 0.15) is 6.10 Å². The van der Waals surface area contributed by atoms with Crippen LogP contribution in [0.1, 0.15) is 22.0 Å². The van der Waals surface area contributed by atoms with Gasteiger partial charge in [-0.3, -0.25) is 4.79 Å². The van der Waals surface area contributed by atoms with Crippen molar-refractivity contribution in [1.29, 1.82) is 0 Å². The first-order valence-corrected chi connectivity index (χ1v) is 8.16. The highest BCUT2D eigenvalue weighted by molar-refractivity contribution is 7.99. The Labute approximate surface area is 139 Å². The molecule has 0 saturated carbocycles. The normalized spacial score (nSPS) is 11.9. The summed E-state index contributed by atoms with van der Waals surface area (Å²) >= 11 is 1.52. The zero-order valence-electron chi connectivity index (χ0n) is 12.4. The van der Waals surface area contributed by atoms with Crippen molar-refractivity contribution in [2.45, 2.75) is 15.9 Å². The maximum absolute atomic E-state index is 12.7. The molecule has 0 aliphatic carbocycles. The third kappa shape index (κ3) is 3.70. The third-order valence-corrected chi connectivity index (χ3v) is 4.57. The molecule has 0 saturated heterocycles. The van der Waals surface area contributed by atoms with Gasteiger partial charge in [-0.2, -0.15) is 0 Å². The van der Waals surface area contributed by atoms with Gasteiger partial charge in [0.25, 0.3) is 0 Å². The molecule has 0 aromatic heterocycles. The highest BCUT2D eigenvalue weighted by Crippen LogP contribution is 2.32. The van der Waals surface area contributed by atoms with E-state index in [1.807, 2.05) is 66.7 Å². The van der Waals surface area contributed by atoms with Crippen LogP contribution in [0, 0.1) is 0 Å². The van der Waals surface area contributed by atoms with E-state index in [1.54, 1.807) is 18.2 Å². The first-order chi connectivity index (χ1) is 11.3. The molecule has 3 aromatic rings. The van der Waals surface area contributed by atoms with Crippen molar-refractivity contribution in [2.24, 2.45) is 0 Å². The summed E-state index contributed by atoms with van der Waals surface area (Å²) in [5, 5.41) is 10.4. The Morgan fingerprint density at radius 1 is 0.783 bits per heavy atom. The van der Waals surface area contributed by atoms with Gasteiger partial charge in [0.2, 0.25) is 0 Å². The van der Waals surface area contributed by atoms with Gasteiger partial charge in [0, 0.05) is 15.4 Å². The van der Waals surface area contributed by atoms with Crippen LogP contribution in [-0.4, -0.2) is 10.9 Å². The van der Waals surface area contributed by atoms with E-state index in [-0.39, 0.29) is 5.78 Å². The second-order valence-electron chi connectivity index (χ2n) is 5.09. The topological polar surface area (TPSA) is 37.3 Å². The summed E-state index contributed by atoms with van der Waals surface area (Å²) in [4.78, 5) is 14.6. The summed E-state index contributed by atoms with van der Waals surface area (Å²) in [7, 11) is 0. The van der Waals surface area contributed by atoms with Gasteiger partial charge in [-0.15, -0.1) is 0 Å². The molecule has 0 radical (unpaired) electrons. The predicted octanol–water partition coefficient (Wildman–Crippen LogP) is 4.75. The van der Waals surface area contributed by atoms with Crippen LogP contribution < -0.4 is 0 Å². The Hall–Kier alpha value is -2.36. The van der Waals surface area contributed by atoms with Gasteiger partial charge in [0.15, 0.2) is 5.78 Å². The van der Waals surface area contributed by atoms with Crippen LogP contribution in [0.4, 0.5) is 0 Å². The van der Waals surface area contributed by atoms with Gasteiger partial charge in [-0.25, -0.2) is 0 Å². The van der Waals surface area contributed by atoms with E-state index in [1.165, 1.54) is 11.8 Å². The molecule has 3 aromatic carbocycles. The Morgan fingerprint density at radius 3 is 2.04 bits per heavy atom. The molecule has 0 aliphatic rings. The fourth-order valence-corrected chi connectivity index (χ4v) is 3.28. The van der Waals surface area contributed by atoms with E-state index in [2.05, 4.69) is 0 Å². The zero-order valence-corrected chi connectivity index (χ0v) is 13.2. The van der Waals surface area contributed by atoms with E-state index in [9.17, 15) is 9.90 Å². The van der Waals surface area contributed by atoms with Crippen molar-refractivity contribution in [3.63, 3.8) is 0 Å². The average Bonchev–Trinajstić information content (AvgIpc) is 2.62. The number of hydrogen-bond donors (Lipinski definition) is 1. The number of aliphatic hydroxyl groups is 1. The maximum Gasteiger partial charge on any atom is 0.196 e. The van der Waals surface area contributed by atoms with Crippen molar-refractivity contribution in [3.8, 4) is 0 Å². The highest BCUT2D eigenvalue weighted by Gasteiger charge is 2.21. The largest absolute Gasteiger partial charge is 0.380 e. The minimum Gasteiger partial charge on any atom is -0.380 e. The van der Waals surface area contributed by atoms with Crippen molar-refractivity contribution < 1.29 is 9.90 Å². The van der Waals surface area contributed by atoms with Gasteiger partial charge in [-0.05, 0) is 23.8 Å². The van der Waals surface area contributed by atoms with Crippen LogP contribution in [0.25, 0.3) is 0 Å². The Bertz CT molecular complexity index is 785. The lowest BCUT2D eigenvalue weighted by atomic mass is 10.00. The van der Waals surface area contributed by atoms with Gasteiger partial charge < -0.3 is 5.11 Å². The highest BCUT2D eigenvalue weighted by atomic mass is 32.2. The van der Waals surface area contributed by atoms with E-state index in [0.29, 0.717) is 11.1 Å². The van der Waals surface area contributed by atoms with E-state index >= 15 is 0 Å². The summed E-state index contributed by atoms with van der Waals surface area (Å²) in [6.07, 6.45) is -1.14. The van der Waals surface area contributed by atoms with E-state index in [0.717, 1.165) is 9.79 Å². The van der Waals surface area contributed by atoms with Gasteiger partial charge >= 0.3 is 0 Å². The molecular formula is C20H16O2S. The number of carbonyl (C=O) groups excluding carboxylic acids is 1. The number of rotatable bonds is 5. The van der Waals surface area contributed by atoms with Crippen LogP contribution in [0.5, 0.6) is 0 Å². The molecule has 0 aliphatic heterocycles. The Kier molecular flexibility index (Phi) is 4.91. The number of benzene rings is 3. The molecule has 1 N–H and O–H groups in total. The van der Waals surface area contributed by atoms with Crippen molar-refractivity contribution in [3.05, 3.63) is 96.1 Å². The lowest BCUT2D eigenvalue weighted by molar-refractivity contribution is 0.0744. The van der Waals surface area contributed by atoms with Crippen molar-refractivity contribution in [2.75, 3.05) is 0 Å². The summed E-state index contributed by atoms with van der Waals surface area (Å²) in [6, 6.07) is 26.3. The summed E-state index contributed by atoms with van der Waals surface area (Å²) < 4.78 is 0. The fraction of sp³-hybridized carbons (Fsp3) is 0.0500. The van der Waals surface area contributed by atoms with Crippen molar-refractivity contribution in [1.82, 2.24) is 0 Å². The third-order valence-electron chi connectivity index (χ3n) is 3.49. The van der Waals surface area contributed by atoms with Crippen LogP contribution in [-0.2, 0) is 0 Å². The molecular weight excluding hydrogens is 304 g/mol. The number of aliphatic hydroxyl groups excluding tert-OH is 1. The second-order valence-corrected chi connectivity index (χ2v) is 6.20. The number of ketones is 1. The number of Topliss-reactive ketones (excluding diaryl/α,β-unsaturated/α-hetero) is 1. The SMILES string of the molecule is O=C(c1ccccc1Sc1ccccc1)C(O)c1ccccc1. The average molecular weight is 320 g/mol. The second kappa shape index (κ2) is 7.27. The molecule has 23 heavy (non-hydrogen) atoms. The Balaban J connectivity index is 1.89. The zero-order chi connectivity index (χ0) is 16.1. The van der Waals surface area contributed by atoms with E-state index in [4.69, 9.17) is 0 Å². The number of hydrogen-bond acceptors (Lipinski definition) is 3. The van der Waals surface area contributed by atoms with Crippen LogP contribution in [0.3, 0.4) is 0 Å². The van der Waals surface area contributed by atoms with Crippen LogP contribution >= 0.6 is 11.8 Å². The quantitative estimate of drug-likeness (QED) is 0.689. The van der Waals surface area contributed by atoms with Crippen LogP contribution in [0.15, 0.2) is 94.7 Å². The summed E-state index contributed by atoms with van der Waals surface area (Å²) in [6.45, 7) is 0. The lowest BCUT2D eigenvalue weighted by Gasteiger charge is -2.13. The molecule has 0 amide bonds. The summed E-state index contributed by atoms with van der Waals surface area (Å²) in [5.41, 5.74) is 1.15. The predicted molar refractivity (Wildman–Crippen MR) is 92.7 cm³/mol. The molecule has 2 nitrogen and oxygen atoms in total. The molecule has 1 atom stereocenters. The maximum atomic E-state index is 12.7. The van der Waals surface area contributed by atoms with Gasteiger partial charge in [-0.1, -0.05) is 78.5 Å². The Morgan fingerprint density at radius 2 is 1.35 bits per heavy atom. The minimum absolute atomic E-state index is 0.282. The molecule has 114 valence electrons. The molecule has 3 rings (SSSR count). The smallest absolute Gasteiger partial charge is 0.196 e. The molecule has 0 heterocycles. The van der Waals surface area contributed by atoms with E-state index < -0.39 is 6.10 Å². The fourth-order valence-electron chi connectivity index (χ4n) is 2.31. The molecule has 0 spiro atoms.